The van der Waals surface area contributed by atoms with Crippen LogP contribution in [-0.4, -0.2) is 17.1 Å². The second-order valence-corrected chi connectivity index (χ2v) is 3.30. The van der Waals surface area contributed by atoms with Gasteiger partial charge >= 0.3 is 5.97 Å². The molecule has 76 valence electrons. The molecule has 14 heavy (non-hydrogen) atoms. The van der Waals surface area contributed by atoms with Crippen LogP contribution in [-0.2, 0) is 11.2 Å². The zero-order chi connectivity index (χ0) is 9.26. The standard InChI is InChI=1S/C10H11NO2.ClH/c12-10(13)6-8-5-7-3-1-2-4-9(7)11-8;/h1-4,8,11H,5-6H2,(H,12,13);1H/t8-;/m1./s1. The lowest BCUT2D eigenvalue weighted by atomic mass is 10.1. The van der Waals surface area contributed by atoms with Crippen LogP contribution in [0, 0.1) is 0 Å². The first kappa shape index (κ1) is 10.9. The van der Waals surface area contributed by atoms with Crippen molar-refractivity contribution in [2.24, 2.45) is 0 Å². The number of hydrogen-bond acceptors (Lipinski definition) is 2. The maximum atomic E-state index is 10.5. The second-order valence-electron chi connectivity index (χ2n) is 3.30. The van der Waals surface area contributed by atoms with Gasteiger partial charge in [0, 0.05) is 11.7 Å². The summed E-state index contributed by atoms with van der Waals surface area (Å²) in [5, 5.41) is 11.8. The summed E-state index contributed by atoms with van der Waals surface area (Å²) in [5.41, 5.74) is 2.29. The van der Waals surface area contributed by atoms with Gasteiger partial charge in [-0.2, -0.15) is 0 Å². The Morgan fingerprint density at radius 3 is 2.86 bits per heavy atom. The number of carboxylic acids is 1. The Kier molecular flexibility index (Phi) is 3.36. The van der Waals surface area contributed by atoms with Crippen molar-refractivity contribution < 1.29 is 9.90 Å². The van der Waals surface area contributed by atoms with Gasteiger partial charge in [-0.3, -0.25) is 4.79 Å². The van der Waals surface area contributed by atoms with Crippen molar-refractivity contribution in [2.75, 3.05) is 5.32 Å². The van der Waals surface area contributed by atoms with E-state index in [0.29, 0.717) is 0 Å². The summed E-state index contributed by atoms with van der Waals surface area (Å²) >= 11 is 0. The number of para-hydroxylation sites is 1. The first-order chi connectivity index (χ1) is 6.25. The number of aliphatic carboxylic acids is 1. The zero-order valence-corrected chi connectivity index (χ0v) is 8.38. The first-order valence-electron chi connectivity index (χ1n) is 4.32. The highest BCUT2D eigenvalue weighted by Gasteiger charge is 2.21. The molecule has 1 atom stereocenters. The number of fused-ring (bicyclic) bond motifs is 1. The van der Waals surface area contributed by atoms with E-state index in [4.69, 9.17) is 5.11 Å². The quantitative estimate of drug-likeness (QED) is 0.789. The third-order valence-corrected chi connectivity index (χ3v) is 2.26. The topological polar surface area (TPSA) is 49.3 Å². The highest BCUT2D eigenvalue weighted by atomic mass is 35.5. The highest BCUT2D eigenvalue weighted by molar-refractivity contribution is 5.85. The summed E-state index contributed by atoms with van der Waals surface area (Å²) in [6, 6.07) is 8.01. The molecule has 2 N–H and O–H groups in total. The molecule has 2 rings (SSSR count). The maximum Gasteiger partial charge on any atom is 0.305 e. The van der Waals surface area contributed by atoms with Crippen molar-refractivity contribution in [1.82, 2.24) is 0 Å². The van der Waals surface area contributed by atoms with Gasteiger partial charge in [0.15, 0.2) is 0 Å². The van der Waals surface area contributed by atoms with Crippen LogP contribution in [0.3, 0.4) is 0 Å². The monoisotopic (exact) mass is 213 g/mol. The minimum atomic E-state index is -0.745. The average Bonchev–Trinajstić information content (AvgIpc) is 2.44. The van der Waals surface area contributed by atoms with Crippen LogP contribution >= 0.6 is 12.4 Å². The SMILES string of the molecule is Cl.O=C(O)C[C@H]1Cc2ccccc2N1. The van der Waals surface area contributed by atoms with Gasteiger partial charge in [0.2, 0.25) is 0 Å². The minimum Gasteiger partial charge on any atom is -0.481 e. The largest absolute Gasteiger partial charge is 0.481 e. The fourth-order valence-corrected chi connectivity index (χ4v) is 1.71. The summed E-state index contributed by atoms with van der Waals surface area (Å²) in [5.74, 6) is -0.745. The van der Waals surface area contributed by atoms with E-state index in [9.17, 15) is 4.79 Å². The van der Waals surface area contributed by atoms with E-state index in [0.717, 1.165) is 12.1 Å². The summed E-state index contributed by atoms with van der Waals surface area (Å²) in [6.45, 7) is 0. The third-order valence-electron chi connectivity index (χ3n) is 2.26. The Hall–Kier alpha value is -1.22. The molecule has 0 aliphatic carbocycles. The normalized spacial score (nSPS) is 17.9. The first-order valence-corrected chi connectivity index (χ1v) is 4.32. The van der Waals surface area contributed by atoms with Gasteiger partial charge in [-0.15, -0.1) is 12.4 Å². The number of anilines is 1. The van der Waals surface area contributed by atoms with Crippen molar-refractivity contribution >= 4 is 24.1 Å². The van der Waals surface area contributed by atoms with Crippen molar-refractivity contribution in [3.8, 4) is 0 Å². The lowest BCUT2D eigenvalue weighted by molar-refractivity contribution is -0.137. The molecule has 1 aromatic rings. The number of benzene rings is 1. The van der Waals surface area contributed by atoms with Crippen LogP contribution in [0.1, 0.15) is 12.0 Å². The fourth-order valence-electron chi connectivity index (χ4n) is 1.71. The van der Waals surface area contributed by atoms with Gasteiger partial charge in [0.05, 0.1) is 6.42 Å². The maximum absolute atomic E-state index is 10.5. The molecule has 4 heteroatoms. The lowest BCUT2D eigenvalue weighted by Crippen LogP contribution is -2.19. The lowest BCUT2D eigenvalue weighted by Gasteiger charge is -2.06. The number of halogens is 1. The molecule has 0 spiro atoms. The molecular formula is C10H12ClNO2. The van der Waals surface area contributed by atoms with Crippen molar-refractivity contribution in [3.63, 3.8) is 0 Å². The van der Waals surface area contributed by atoms with Gasteiger partial charge in [-0.25, -0.2) is 0 Å². The van der Waals surface area contributed by atoms with E-state index in [1.165, 1.54) is 5.56 Å². The summed E-state index contributed by atoms with van der Waals surface area (Å²) in [4.78, 5) is 10.5. The molecule has 0 fully saturated rings. The van der Waals surface area contributed by atoms with Gasteiger partial charge in [-0.1, -0.05) is 18.2 Å². The summed E-state index contributed by atoms with van der Waals surface area (Å²) in [7, 11) is 0. The number of hydrogen-bond donors (Lipinski definition) is 2. The van der Waals surface area contributed by atoms with Gasteiger partial charge < -0.3 is 10.4 Å². The predicted octanol–water partition coefficient (Wildman–Crippen LogP) is 1.92. The van der Waals surface area contributed by atoms with E-state index in [2.05, 4.69) is 5.32 Å². The molecule has 1 aromatic carbocycles. The number of carboxylic acid groups (broad SMARTS) is 1. The molecule has 1 aliphatic heterocycles. The van der Waals surface area contributed by atoms with Crippen LogP contribution in [0.2, 0.25) is 0 Å². The Morgan fingerprint density at radius 2 is 2.21 bits per heavy atom. The minimum absolute atomic E-state index is 0. The molecule has 0 saturated heterocycles. The Labute approximate surface area is 88.5 Å². The molecular weight excluding hydrogens is 202 g/mol. The van der Waals surface area contributed by atoms with Gasteiger partial charge in [-0.05, 0) is 18.1 Å². The molecule has 0 unspecified atom stereocenters. The molecule has 3 nitrogen and oxygen atoms in total. The van der Waals surface area contributed by atoms with Crippen LogP contribution in [0.4, 0.5) is 5.69 Å². The van der Waals surface area contributed by atoms with E-state index >= 15 is 0 Å². The van der Waals surface area contributed by atoms with Crippen LogP contribution in [0.25, 0.3) is 0 Å². The van der Waals surface area contributed by atoms with Gasteiger partial charge in [0.1, 0.15) is 0 Å². The predicted molar refractivity (Wildman–Crippen MR) is 57.1 cm³/mol. The molecule has 0 saturated carbocycles. The zero-order valence-electron chi connectivity index (χ0n) is 7.56. The van der Waals surface area contributed by atoms with Crippen LogP contribution in [0.15, 0.2) is 24.3 Å². The number of carbonyl (C=O) groups is 1. The van der Waals surface area contributed by atoms with Crippen molar-refractivity contribution in [3.05, 3.63) is 29.8 Å². The van der Waals surface area contributed by atoms with E-state index in [1.807, 2.05) is 24.3 Å². The fraction of sp³-hybridized carbons (Fsp3) is 0.300. The van der Waals surface area contributed by atoms with Crippen molar-refractivity contribution in [1.29, 1.82) is 0 Å². The Balaban J connectivity index is 0.000000980. The molecule has 0 bridgehead atoms. The Bertz CT molecular complexity index is 316. The smallest absolute Gasteiger partial charge is 0.305 e. The third kappa shape index (κ3) is 2.17. The molecule has 0 aromatic heterocycles. The molecule has 1 heterocycles. The van der Waals surface area contributed by atoms with E-state index in [1.54, 1.807) is 0 Å². The molecule has 0 amide bonds. The van der Waals surface area contributed by atoms with Crippen LogP contribution < -0.4 is 5.32 Å². The Morgan fingerprint density at radius 1 is 1.50 bits per heavy atom. The number of nitrogens with one attached hydrogen (secondary N) is 1. The van der Waals surface area contributed by atoms with Crippen LogP contribution in [0.5, 0.6) is 0 Å². The molecule has 0 radical (unpaired) electrons. The van der Waals surface area contributed by atoms with E-state index < -0.39 is 5.97 Å². The molecule has 1 aliphatic rings. The summed E-state index contributed by atoms with van der Waals surface area (Å²) < 4.78 is 0. The summed E-state index contributed by atoms with van der Waals surface area (Å²) in [6.07, 6.45) is 1.01. The highest BCUT2D eigenvalue weighted by Crippen LogP contribution is 2.26. The second kappa shape index (κ2) is 4.33. The average molecular weight is 214 g/mol. The number of rotatable bonds is 2. The van der Waals surface area contributed by atoms with E-state index in [-0.39, 0.29) is 24.9 Å². The van der Waals surface area contributed by atoms with Gasteiger partial charge in [0.25, 0.3) is 0 Å². The van der Waals surface area contributed by atoms with Crippen molar-refractivity contribution in [2.45, 2.75) is 18.9 Å².